The summed E-state index contributed by atoms with van der Waals surface area (Å²) in [4.78, 5) is 44.6. The maximum absolute atomic E-state index is 12.9. The van der Waals surface area contributed by atoms with Crippen LogP contribution in [0.25, 0.3) is 0 Å². The van der Waals surface area contributed by atoms with Gasteiger partial charge in [-0.05, 0) is 24.1 Å². The van der Waals surface area contributed by atoms with E-state index in [-0.39, 0.29) is 11.5 Å². The van der Waals surface area contributed by atoms with E-state index in [0.717, 1.165) is 18.4 Å². The second-order valence-electron chi connectivity index (χ2n) is 6.65. The molecule has 0 radical (unpaired) electrons. The molecule has 0 aliphatic heterocycles. The van der Waals surface area contributed by atoms with Gasteiger partial charge in [0.15, 0.2) is 5.69 Å². The average Bonchev–Trinajstić information content (AvgIpc) is 3.20. The number of carbonyl (C=O) groups is 1. The molecule has 0 aliphatic carbocycles. The van der Waals surface area contributed by atoms with Crippen molar-refractivity contribution in [3.63, 3.8) is 0 Å². The largest absolute Gasteiger partial charge is 0.383 e. The Labute approximate surface area is 166 Å². The fourth-order valence-electron chi connectivity index (χ4n) is 2.99. The van der Waals surface area contributed by atoms with Gasteiger partial charge in [0.25, 0.3) is 11.5 Å². The number of rotatable bonds is 7. The summed E-state index contributed by atoms with van der Waals surface area (Å²) in [6, 6.07) is 6.95. The van der Waals surface area contributed by atoms with Crippen molar-refractivity contribution in [3.05, 3.63) is 68.9 Å². The lowest BCUT2D eigenvalue weighted by molar-refractivity contribution is 0.0992. The number of aromatic amines is 1. The molecule has 2 aromatic heterocycles. The molecule has 10 heteroatoms. The zero-order valence-electron chi connectivity index (χ0n) is 16.3. The van der Waals surface area contributed by atoms with Crippen molar-refractivity contribution in [2.24, 2.45) is 0 Å². The Hall–Kier alpha value is -3.69. The second-order valence-corrected chi connectivity index (χ2v) is 6.65. The molecule has 0 aliphatic rings. The minimum Gasteiger partial charge on any atom is -0.383 e. The molecule has 0 unspecified atom stereocenters. The summed E-state index contributed by atoms with van der Waals surface area (Å²) in [5.74, 6) is -0.430. The van der Waals surface area contributed by atoms with E-state index in [1.807, 2.05) is 6.92 Å². The van der Waals surface area contributed by atoms with Crippen LogP contribution in [0.4, 0.5) is 11.5 Å². The maximum Gasteiger partial charge on any atom is 0.330 e. The fraction of sp³-hybridized carbons (Fsp3) is 0.316. The first kappa shape index (κ1) is 20.1. The smallest absolute Gasteiger partial charge is 0.330 e. The van der Waals surface area contributed by atoms with E-state index in [4.69, 9.17) is 5.73 Å². The topological polar surface area (TPSA) is 132 Å². The van der Waals surface area contributed by atoms with Crippen LogP contribution >= 0.6 is 0 Å². The molecule has 3 rings (SSSR count). The van der Waals surface area contributed by atoms with E-state index < -0.39 is 17.2 Å². The monoisotopic (exact) mass is 397 g/mol. The van der Waals surface area contributed by atoms with Crippen molar-refractivity contribution >= 4 is 17.4 Å². The molecule has 1 amide bonds. The van der Waals surface area contributed by atoms with Gasteiger partial charge in [-0.2, -0.15) is 5.10 Å². The zero-order chi connectivity index (χ0) is 21.0. The third-order valence-corrected chi connectivity index (χ3v) is 4.60. The van der Waals surface area contributed by atoms with Crippen LogP contribution in [0.2, 0.25) is 0 Å². The summed E-state index contributed by atoms with van der Waals surface area (Å²) in [5, 5.41) is 4.04. The van der Waals surface area contributed by atoms with Crippen LogP contribution in [0.5, 0.6) is 0 Å². The zero-order valence-corrected chi connectivity index (χ0v) is 16.3. The Balaban J connectivity index is 1.86. The van der Waals surface area contributed by atoms with Crippen LogP contribution in [0, 0.1) is 0 Å². The molecule has 29 heavy (non-hydrogen) atoms. The third kappa shape index (κ3) is 4.26. The van der Waals surface area contributed by atoms with Gasteiger partial charge < -0.3 is 10.6 Å². The van der Waals surface area contributed by atoms with E-state index >= 15 is 0 Å². The molecule has 2 heterocycles. The van der Waals surface area contributed by atoms with Crippen molar-refractivity contribution < 1.29 is 4.79 Å². The highest BCUT2D eigenvalue weighted by molar-refractivity contribution is 6.06. The fourth-order valence-corrected chi connectivity index (χ4v) is 2.99. The van der Waals surface area contributed by atoms with Crippen LogP contribution in [-0.2, 0) is 13.1 Å². The molecule has 3 N–H and O–H groups in total. The van der Waals surface area contributed by atoms with Gasteiger partial charge in [-0.1, -0.05) is 25.5 Å². The molecular formula is C19H23N7O3. The van der Waals surface area contributed by atoms with Gasteiger partial charge in [0.05, 0.1) is 6.54 Å². The number of nitrogen functional groups attached to an aromatic ring is 1. The van der Waals surface area contributed by atoms with E-state index in [1.54, 1.807) is 35.3 Å². The highest BCUT2D eigenvalue weighted by atomic mass is 16.2. The first-order valence-corrected chi connectivity index (χ1v) is 9.24. The molecule has 10 nitrogen and oxygen atoms in total. The number of hydrogen-bond acceptors (Lipinski definition) is 6. The Kier molecular flexibility index (Phi) is 5.91. The number of unbranched alkanes of at least 4 members (excludes halogenated alkanes) is 1. The van der Waals surface area contributed by atoms with Crippen molar-refractivity contribution in [1.29, 1.82) is 0 Å². The average molecular weight is 397 g/mol. The number of nitrogens with one attached hydrogen (secondary N) is 1. The highest BCUT2D eigenvalue weighted by Gasteiger charge is 2.22. The predicted molar refractivity (Wildman–Crippen MR) is 109 cm³/mol. The normalized spacial score (nSPS) is 10.8. The standard InChI is InChI=1S/C19H23N7O3/c1-3-4-9-26-16(20)15(17(27)23-19(26)29)24(2)18(28)14-7-5-13(6-8-14)10-25-12-21-11-22-25/h5-8,11-12H,3-4,9-10,20H2,1-2H3,(H,23,27,29). The molecule has 1 aromatic carbocycles. The molecule has 0 fully saturated rings. The first-order chi connectivity index (χ1) is 13.9. The maximum atomic E-state index is 12.9. The minimum atomic E-state index is -0.695. The highest BCUT2D eigenvalue weighted by Crippen LogP contribution is 2.18. The number of anilines is 2. The first-order valence-electron chi connectivity index (χ1n) is 9.24. The summed E-state index contributed by atoms with van der Waals surface area (Å²) in [5.41, 5.74) is 6.09. The molecular weight excluding hydrogens is 374 g/mol. The van der Waals surface area contributed by atoms with Gasteiger partial charge in [-0.3, -0.25) is 19.1 Å². The van der Waals surface area contributed by atoms with Crippen LogP contribution in [0.1, 0.15) is 35.7 Å². The molecule has 0 atom stereocenters. The summed E-state index contributed by atoms with van der Waals surface area (Å²) >= 11 is 0. The molecule has 0 spiro atoms. The Morgan fingerprint density at radius 2 is 1.97 bits per heavy atom. The van der Waals surface area contributed by atoms with Crippen LogP contribution in [-0.4, -0.2) is 37.3 Å². The van der Waals surface area contributed by atoms with E-state index in [1.165, 1.54) is 22.8 Å². The lowest BCUT2D eigenvalue weighted by atomic mass is 10.1. The Bertz CT molecular complexity index is 1100. The van der Waals surface area contributed by atoms with Crippen molar-refractivity contribution in [3.8, 4) is 0 Å². The van der Waals surface area contributed by atoms with Gasteiger partial charge in [-0.25, -0.2) is 14.5 Å². The number of benzene rings is 1. The molecule has 152 valence electrons. The van der Waals surface area contributed by atoms with Gasteiger partial charge >= 0.3 is 5.69 Å². The molecule has 0 bridgehead atoms. The number of hydrogen-bond donors (Lipinski definition) is 2. The van der Waals surface area contributed by atoms with Crippen LogP contribution in [0.15, 0.2) is 46.5 Å². The molecule has 3 aromatic rings. The van der Waals surface area contributed by atoms with Crippen molar-refractivity contribution in [2.75, 3.05) is 17.7 Å². The van der Waals surface area contributed by atoms with Gasteiger partial charge in [0.2, 0.25) is 0 Å². The minimum absolute atomic E-state index is 0.0224. The number of nitrogens with zero attached hydrogens (tertiary/aromatic N) is 5. The number of nitrogens with two attached hydrogens (primary N) is 1. The van der Waals surface area contributed by atoms with E-state index in [9.17, 15) is 14.4 Å². The van der Waals surface area contributed by atoms with Crippen molar-refractivity contribution in [1.82, 2.24) is 24.3 Å². The van der Waals surface area contributed by atoms with Crippen LogP contribution < -0.4 is 21.9 Å². The summed E-state index contributed by atoms with van der Waals surface area (Å²) in [6.45, 7) is 2.87. The second kappa shape index (κ2) is 8.55. The van der Waals surface area contributed by atoms with Crippen molar-refractivity contribution in [2.45, 2.75) is 32.9 Å². The van der Waals surface area contributed by atoms with Gasteiger partial charge in [0, 0.05) is 19.2 Å². The summed E-state index contributed by atoms with van der Waals surface area (Å²) in [6.07, 6.45) is 4.64. The van der Waals surface area contributed by atoms with E-state index in [2.05, 4.69) is 15.1 Å². The van der Waals surface area contributed by atoms with Gasteiger partial charge in [0.1, 0.15) is 18.5 Å². The Morgan fingerprint density at radius 1 is 1.24 bits per heavy atom. The molecule has 0 saturated heterocycles. The molecule has 0 saturated carbocycles. The predicted octanol–water partition coefficient (Wildman–Crippen LogP) is 0.835. The third-order valence-electron chi connectivity index (χ3n) is 4.60. The quantitative estimate of drug-likeness (QED) is 0.607. The number of aromatic nitrogens is 5. The lowest BCUT2D eigenvalue weighted by Crippen LogP contribution is -2.39. The number of carbonyl (C=O) groups excluding carboxylic acids is 1. The summed E-state index contributed by atoms with van der Waals surface area (Å²) < 4.78 is 2.95. The number of amides is 1. The van der Waals surface area contributed by atoms with Crippen LogP contribution in [0.3, 0.4) is 0 Å². The summed E-state index contributed by atoms with van der Waals surface area (Å²) in [7, 11) is 1.46. The van der Waals surface area contributed by atoms with E-state index in [0.29, 0.717) is 18.7 Å². The lowest BCUT2D eigenvalue weighted by Gasteiger charge is -2.20. The Morgan fingerprint density at radius 3 is 2.59 bits per heavy atom. The van der Waals surface area contributed by atoms with Gasteiger partial charge in [-0.15, -0.1) is 0 Å². The SMILES string of the molecule is CCCCn1c(N)c(N(C)C(=O)c2ccc(Cn3cncn3)cc2)c(=O)[nH]c1=O. The number of H-pyrrole nitrogens is 1.